The van der Waals surface area contributed by atoms with Gasteiger partial charge < -0.3 is 25.4 Å². The summed E-state index contributed by atoms with van der Waals surface area (Å²) in [5.74, 6) is -2.21. The van der Waals surface area contributed by atoms with Gasteiger partial charge in [-0.3, -0.25) is 14.4 Å². The van der Waals surface area contributed by atoms with E-state index in [4.69, 9.17) is 4.74 Å². The summed E-state index contributed by atoms with van der Waals surface area (Å²) in [5, 5.41) is 16.0. The number of nitrogens with zero attached hydrogens (tertiary/aromatic N) is 1. The first kappa shape index (κ1) is 26.4. The number of hydrogen-bond acceptors (Lipinski definition) is 5. The molecule has 188 valence electrons. The largest absolute Gasteiger partial charge is 0.394 e. The van der Waals surface area contributed by atoms with E-state index in [0.717, 1.165) is 12.8 Å². The summed E-state index contributed by atoms with van der Waals surface area (Å²) in [6.07, 6.45) is 1.51. The van der Waals surface area contributed by atoms with Gasteiger partial charge in [-0.25, -0.2) is 0 Å². The molecule has 8 nitrogen and oxygen atoms in total. The summed E-state index contributed by atoms with van der Waals surface area (Å²) < 4.78 is 6.44. The minimum absolute atomic E-state index is 0.00704. The average molecular weight is 531 g/mol. The quantitative estimate of drug-likeness (QED) is 0.416. The lowest BCUT2D eigenvalue weighted by molar-refractivity contribution is -0.145. The number of likely N-dealkylation sites (tertiary alicyclic amines) is 1. The zero-order chi connectivity index (χ0) is 24.9. The van der Waals surface area contributed by atoms with Gasteiger partial charge in [0.2, 0.25) is 17.7 Å². The molecule has 1 spiro atoms. The maximum atomic E-state index is 13.8. The fourth-order valence-corrected chi connectivity index (χ4v) is 7.31. The minimum atomic E-state index is -1.10. The molecule has 3 N–H and O–H groups in total. The zero-order valence-corrected chi connectivity index (χ0v) is 22.5. The van der Waals surface area contributed by atoms with Crippen molar-refractivity contribution in [2.45, 2.75) is 102 Å². The molecule has 9 heteroatoms. The van der Waals surface area contributed by atoms with Crippen LogP contribution in [0.3, 0.4) is 0 Å². The first-order chi connectivity index (χ1) is 15.2. The summed E-state index contributed by atoms with van der Waals surface area (Å²) in [6, 6.07) is -1.49. The Balaban J connectivity index is 1.99. The summed E-state index contributed by atoms with van der Waals surface area (Å²) in [6.45, 7) is 14.2. The number of carbonyl (C=O) groups is 3. The Morgan fingerprint density at radius 3 is 2.45 bits per heavy atom. The number of aliphatic hydroxyl groups excluding tert-OH is 1. The number of nitrogens with one attached hydrogen (secondary N) is 2. The first-order valence-corrected chi connectivity index (χ1v) is 13.0. The molecule has 0 radical (unpaired) electrons. The van der Waals surface area contributed by atoms with E-state index < -0.39 is 41.2 Å². The van der Waals surface area contributed by atoms with Gasteiger partial charge >= 0.3 is 0 Å². The maximum Gasteiger partial charge on any atom is 0.246 e. The molecule has 3 saturated heterocycles. The topological polar surface area (TPSA) is 108 Å². The molecule has 3 heterocycles. The molecule has 2 bridgehead atoms. The zero-order valence-electron chi connectivity index (χ0n) is 20.9. The van der Waals surface area contributed by atoms with Crippen LogP contribution in [-0.2, 0) is 19.1 Å². The van der Waals surface area contributed by atoms with Crippen molar-refractivity contribution in [3.05, 3.63) is 0 Å². The molecule has 3 aliphatic heterocycles. The van der Waals surface area contributed by atoms with Crippen LogP contribution in [0, 0.1) is 17.3 Å². The first-order valence-electron chi connectivity index (χ1n) is 12.0. The standard InChI is InChI=1S/C24H40BrN3O5/c1-8-9-26-19(30)15-16-21(32)28(13(2)11-29)18(24(16)10-14(25)17(15)33-24)20(31)27-23(6,7)12-22(3,4)5/h13-18,29H,8-12H2,1-7H3,(H,26,30)(H,27,31)/t13-,14?,15-,16+,17-,18?,24?/m1/s1. The summed E-state index contributed by atoms with van der Waals surface area (Å²) in [7, 11) is 0. The molecule has 0 aromatic rings. The molecular formula is C24H40BrN3O5. The number of alkyl halides is 1. The van der Waals surface area contributed by atoms with Crippen molar-refractivity contribution in [2.75, 3.05) is 13.2 Å². The van der Waals surface area contributed by atoms with Crippen LogP contribution in [0.15, 0.2) is 0 Å². The number of hydrogen-bond donors (Lipinski definition) is 3. The monoisotopic (exact) mass is 529 g/mol. The smallest absolute Gasteiger partial charge is 0.246 e. The van der Waals surface area contributed by atoms with Crippen LogP contribution < -0.4 is 10.6 Å². The van der Waals surface area contributed by atoms with Gasteiger partial charge in [0.15, 0.2) is 0 Å². The number of fused-ring (bicyclic) bond motifs is 1. The van der Waals surface area contributed by atoms with Crippen molar-refractivity contribution in [3.8, 4) is 0 Å². The van der Waals surface area contributed by atoms with Crippen LogP contribution in [-0.4, -0.2) is 75.0 Å². The SMILES string of the molecule is CCCNC(=O)[C@H]1[C@@H]2OC3(CC2Br)C(C(=O)NC(C)(C)CC(C)(C)C)N([C@H](C)CO)C(=O)[C@H]13. The molecule has 0 aromatic carbocycles. The predicted molar refractivity (Wildman–Crippen MR) is 129 cm³/mol. The second kappa shape index (κ2) is 9.11. The fraction of sp³-hybridized carbons (Fsp3) is 0.875. The van der Waals surface area contributed by atoms with Crippen LogP contribution in [0.2, 0.25) is 0 Å². The minimum Gasteiger partial charge on any atom is -0.394 e. The van der Waals surface area contributed by atoms with Crippen LogP contribution in [0.25, 0.3) is 0 Å². The highest BCUT2D eigenvalue weighted by Gasteiger charge is 2.76. The highest BCUT2D eigenvalue weighted by atomic mass is 79.9. The van der Waals surface area contributed by atoms with Gasteiger partial charge in [-0.2, -0.15) is 0 Å². The van der Waals surface area contributed by atoms with Crippen molar-refractivity contribution in [3.63, 3.8) is 0 Å². The Morgan fingerprint density at radius 1 is 1.27 bits per heavy atom. The Labute approximate surface area is 205 Å². The van der Waals surface area contributed by atoms with Crippen LogP contribution in [0.1, 0.15) is 67.7 Å². The average Bonchev–Trinajstić information content (AvgIpc) is 3.26. The van der Waals surface area contributed by atoms with Crippen LogP contribution >= 0.6 is 15.9 Å². The molecule has 3 aliphatic rings. The third-order valence-corrected chi connectivity index (χ3v) is 7.85. The molecule has 3 fully saturated rings. The van der Waals surface area contributed by atoms with E-state index in [1.807, 2.05) is 20.8 Å². The lowest BCUT2D eigenvalue weighted by Gasteiger charge is -2.39. The van der Waals surface area contributed by atoms with Crippen molar-refractivity contribution in [1.82, 2.24) is 15.5 Å². The van der Waals surface area contributed by atoms with E-state index in [9.17, 15) is 19.5 Å². The summed E-state index contributed by atoms with van der Waals surface area (Å²) in [4.78, 5) is 42.0. The summed E-state index contributed by atoms with van der Waals surface area (Å²) >= 11 is 3.66. The Kier molecular flexibility index (Phi) is 7.30. The highest BCUT2D eigenvalue weighted by molar-refractivity contribution is 9.09. The molecule has 0 saturated carbocycles. The number of ether oxygens (including phenoxy) is 1. The Hall–Kier alpha value is -1.19. The van der Waals surface area contributed by atoms with Gasteiger partial charge in [-0.1, -0.05) is 43.6 Å². The van der Waals surface area contributed by atoms with Gasteiger partial charge in [0.25, 0.3) is 0 Å². The lowest BCUT2D eigenvalue weighted by Crippen LogP contribution is -2.61. The molecular weight excluding hydrogens is 490 g/mol. The summed E-state index contributed by atoms with van der Waals surface area (Å²) in [5.41, 5.74) is -1.62. The van der Waals surface area contributed by atoms with Gasteiger partial charge in [-0.15, -0.1) is 0 Å². The number of rotatable bonds is 8. The fourth-order valence-electron chi connectivity index (χ4n) is 6.37. The van der Waals surface area contributed by atoms with E-state index in [1.165, 1.54) is 4.90 Å². The van der Waals surface area contributed by atoms with E-state index in [2.05, 4.69) is 47.3 Å². The number of amides is 3. The van der Waals surface area contributed by atoms with E-state index in [0.29, 0.717) is 13.0 Å². The maximum absolute atomic E-state index is 13.8. The molecule has 3 rings (SSSR count). The van der Waals surface area contributed by atoms with Crippen molar-refractivity contribution in [2.24, 2.45) is 17.3 Å². The number of halogens is 1. The molecule has 7 atom stereocenters. The molecule has 3 amide bonds. The lowest BCUT2D eigenvalue weighted by atomic mass is 9.70. The van der Waals surface area contributed by atoms with Gasteiger partial charge in [0.1, 0.15) is 11.6 Å². The van der Waals surface area contributed by atoms with E-state index >= 15 is 0 Å². The van der Waals surface area contributed by atoms with Gasteiger partial charge in [0.05, 0.1) is 30.6 Å². The van der Waals surface area contributed by atoms with Gasteiger partial charge in [-0.05, 0) is 45.4 Å². The third kappa shape index (κ3) is 4.69. The van der Waals surface area contributed by atoms with Crippen LogP contribution in [0.4, 0.5) is 0 Å². The van der Waals surface area contributed by atoms with Gasteiger partial charge in [0, 0.05) is 16.9 Å². The Bertz CT molecular complexity index is 797. The number of aliphatic hydroxyl groups is 1. The van der Waals surface area contributed by atoms with E-state index in [-0.39, 0.29) is 34.6 Å². The molecule has 3 unspecified atom stereocenters. The molecule has 33 heavy (non-hydrogen) atoms. The molecule has 0 aromatic heterocycles. The van der Waals surface area contributed by atoms with Crippen molar-refractivity contribution >= 4 is 33.7 Å². The normalized spacial score (nSPS) is 34.4. The third-order valence-electron chi connectivity index (χ3n) is 7.00. The van der Waals surface area contributed by atoms with Crippen molar-refractivity contribution < 1.29 is 24.2 Å². The second-order valence-electron chi connectivity index (χ2n) is 11.8. The van der Waals surface area contributed by atoms with E-state index in [1.54, 1.807) is 6.92 Å². The van der Waals surface area contributed by atoms with Crippen LogP contribution in [0.5, 0.6) is 0 Å². The number of carbonyl (C=O) groups excluding carboxylic acids is 3. The van der Waals surface area contributed by atoms with Crippen molar-refractivity contribution in [1.29, 1.82) is 0 Å². The second-order valence-corrected chi connectivity index (χ2v) is 13.0. The highest BCUT2D eigenvalue weighted by Crippen LogP contribution is 2.60. The molecule has 0 aliphatic carbocycles. The predicted octanol–water partition coefficient (Wildman–Crippen LogP) is 1.97. The Morgan fingerprint density at radius 2 is 1.91 bits per heavy atom.